The number of hydrogen-bond donors (Lipinski definition) is 0. The van der Waals surface area contributed by atoms with Crippen molar-refractivity contribution in [1.29, 1.82) is 5.26 Å². The number of benzene rings is 1. The van der Waals surface area contributed by atoms with Crippen molar-refractivity contribution in [2.24, 2.45) is 0 Å². The fourth-order valence-corrected chi connectivity index (χ4v) is 5.18. The third kappa shape index (κ3) is 4.40. The lowest BCUT2D eigenvalue weighted by molar-refractivity contribution is 0.00776. The summed E-state index contributed by atoms with van der Waals surface area (Å²) in [4.78, 5) is 5.95. The molecule has 1 aromatic rings. The summed E-state index contributed by atoms with van der Waals surface area (Å²) in [5.74, 6) is 0.758. The first kappa shape index (κ1) is 21.3. The van der Waals surface area contributed by atoms with Gasteiger partial charge in [0.2, 0.25) is 0 Å². The Morgan fingerprint density at radius 3 is 2.68 bits per heavy atom. The predicted molar refractivity (Wildman–Crippen MR) is 125 cm³/mol. The summed E-state index contributed by atoms with van der Waals surface area (Å²) in [6.07, 6.45) is 13.2. The van der Waals surface area contributed by atoms with Crippen molar-refractivity contribution in [1.82, 2.24) is 0 Å². The third-order valence-electron chi connectivity index (χ3n) is 6.67. The van der Waals surface area contributed by atoms with Crippen LogP contribution in [0.2, 0.25) is 0 Å². The molecule has 2 aliphatic heterocycles. The number of nitrogens with zero attached hydrogens (tertiary/aromatic N) is 3. The van der Waals surface area contributed by atoms with Crippen molar-refractivity contribution in [2.75, 3.05) is 11.4 Å². The number of ether oxygens (including phenoxy) is 1. The topological polar surface area (TPSA) is 40.6 Å². The van der Waals surface area contributed by atoms with Crippen LogP contribution in [0, 0.1) is 17.9 Å². The third-order valence-corrected chi connectivity index (χ3v) is 6.67. The zero-order valence-electron chi connectivity index (χ0n) is 18.9. The standard InChI is InChI=1S/C27H31N3O/c1-26(2,3)30-15-7-8-21-16-20(10-12-25(21)30)9-11-23-17-22(24(19-28)29-4)18-27(31-23)13-5-6-14-27/h9-12,16-17H,5-8,13-15,18H2,1-3H3. The molecular formula is C27H31N3O. The van der Waals surface area contributed by atoms with Crippen LogP contribution in [0.4, 0.5) is 5.69 Å². The van der Waals surface area contributed by atoms with Crippen LogP contribution >= 0.6 is 0 Å². The molecule has 4 nitrogen and oxygen atoms in total. The minimum atomic E-state index is -0.250. The molecule has 3 aliphatic rings. The molecule has 0 unspecified atom stereocenters. The molecular weight excluding hydrogens is 382 g/mol. The second-order valence-corrected chi connectivity index (χ2v) is 9.96. The van der Waals surface area contributed by atoms with Crippen LogP contribution in [-0.2, 0) is 11.2 Å². The van der Waals surface area contributed by atoms with E-state index in [0.29, 0.717) is 6.42 Å². The van der Waals surface area contributed by atoms with E-state index < -0.39 is 0 Å². The second-order valence-electron chi connectivity index (χ2n) is 9.96. The summed E-state index contributed by atoms with van der Waals surface area (Å²) in [6, 6.07) is 8.77. The summed E-state index contributed by atoms with van der Waals surface area (Å²) in [6.45, 7) is 15.3. The van der Waals surface area contributed by atoms with Crippen LogP contribution < -0.4 is 4.90 Å². The zero-order valence-corrected chi connectivity index (χ0v) is 18.9. The number of rotatable bonds is 2. The summed E-state index contributed by atoms with van der Waals surface area (Å²) in [5, 5.41) is 9.38. The lowest BCUT2D eigenvalue weighted by Gasteiger charge is -2.41. The molecule has 0 radical (unpaired) electrons. The zero-order chi connectivity index (χ0) is 22.1. The van der Waals surface area contributed by atoms with Gasteiger partial charge in [0.1, 0.15) is 11.4 Å². The molecule has 1 spiro atoms. The maximum atomic E-state index is 9.38. The lowest BCUT2D eigenvalue weighted by atomic mass is 9.88. The average molecular weight is 414 g/mol. The van der Waals surface area contributed by atoms with Gasteiger partial charge in [-0.1, -0.05) is 12.1 Å². The molecule has 1 fully saturated rings. The molecule has 1 saturated carbocycles. The number of allylic oxidation sites excluding steroid dienone is 3. The number of hydrogen-bond acceptors (Lipinski definition) is 3. The highest BCUT2D eigenvalue weighted by Gasteiger charge is 2.39. The number of nitriles is 1. The molecule has 0 saturated heterocycles. The Morgan fingerprint density at radius 2 is 2.00 bits per heavy atom. The lowest BCUT2D eigenvalue weighted by Crippen LogP contribution is -2.44. The monoisotopic (exact) mass is 413 g/mol. The molecule has 160 valence electrons. The SMILES string of the molecule is [C-]#[N+]C(C#N)=C1C=C(C=Cc2ccc3c(c2)CCCN3C(C)(C)C)OC2(CCCC2)C1. The van der Waals surface area contributed by atoms with Gasteiger partial charge in [0.05, 0.1) is 12.6 Å². The fourth-order valence-electron chi connectivity index (χ4n) is 5.18. The number of anilines is 1. The molecule has 1 aliphatic carbocycles. The van der Waals surface area contributed by atoms with Crippen LogP contribution in [0.5, 0.6) is 0 Å². The van der Waals surface area contributed by atoms with Crippen molar-refractivity contribution in [3.05, 3.63) is 69.9 Å². The molecule has 0 amide bonds. The van der Waals surface area contributed by atoms with Crippen molar-refractivity contribution in [3.8, 4) is 6.07 Å². The normalized spacial score (nSPS) is 21.8. The summed E-state index contributed by atoms with van der Waals surface area (Å²) < 4.78 is 6.42. The van der Waals surface area contributed by atoms with Crippen molar-refractivity contribution < 1.29 is 4.74 Å². The Balaban J connectivity index is 1.62. The van der Waals surface area contributed by atoms with Gasteiger partial charge in [0.15, 0.2) is 0 Å². The Kier molecular flexibility index (Phi) is 5.67. The first-order chi connectivity index (χ1) is 14.8. The molecule has 2 heterocycles. The van der Waals surface area contributed by atoms with Gasteiger partial charge < -0.3 is 9.64 Å². The predicted octanol–water partition coefficient (Wildman–Crippen LogP) is 6.56. The van der Waals surface area contributed by atoms with E-state index in [-0.39, 0.29) is 16.8 Å². The molecule has 31 heavy (non-hydrogen) atoms. The number of fused-ring (bicyclic) bond motifs is 1. The quantitative estimate of drug-likeness (QED) is 0.407. The van der Waals surface area contributed by atoms with Gasteiger partial charge in [-0.2, -0.15) is 0 Å². The van der Waals surface area contributed by atoms with Gasteiger partial charge in [0.25, 0.3) is 5.70 Å². The van der Waals surface area contributed by atoms with Crippen LogP contribution in [0.25, 0.3) is 10.9 Å². The first-order valence-electron chi connectivity index (χ1n) is 11.3. The van der Waals surface area contributed by atoms with E-state index in [1.165, 1.54) is 17.7 Å². The molecule has 0 N–H and O–H groups in total. The highest BCUT2D eigenvalue weighted by Crippen LogP contribution is 2.44. The number of aryl methyl sites for hydroxylation is 1. The summed E-state index contributed by atoms with van der Waals surface area (Å²) in [7, 11) is 0. The van der Waals surface area contributed by atoms with E-state index in [1.54, 1.807) is 0 Å². The minimum absolute atomic E-state index is 0.118. The van der Waals surface area contributed by atoms with E-state index in [0.717, 1.165) is 55.5 Å². The maximum Gasteiger partial charge on any atom is 0.265 e. The van der Waals surface area contributed by atoms with Crippen LogP contribution in [-0.4, -0.2) is 17.7 Å². The highest BCUT2D eigenvalue weighted by molar-refractivity contribution is 5.64. The van der Waals surface area contributed by atoms with Gasteiger partial charge in [-0.25, -0.2) is 10.1 Å². The molecule has 0 atom stereocenters. The van der Waals surface area contributed by atoms with Gasteiger partial charge in [0, 0.05) is 24.2 Å². The van der Waals surface area contributed by atoms with Crippen molar-refractivity contribution in [2.45, 2.75) is 76.9 Å². The van der Waals surface area contributed by atoms with Gasteiger partial charge >= 0.3 is 0 Å². The van der Waals surface area contributed by atoms with E-state index >= 15 is 0 Å². The molecule has 1 aromatic carbocycles. The molecule has 4 rings (SSSR count). The van der Waals surface area contributed by atoms with Crippen molar-refractivity contribution in [3.63, 3.8) is 0 Å². The van der Waals surface area contributed by atoms with Gasteiger partial charge in [-0.15, -0.1) is 0 Å². The Labute approximate surface area is 186 Å². The Morgan fingerprint density at radius 1 is 1.23 bits per heavy atom. The van der Waals surface area contributed by atoms with Crippen LogP contribution in [0.1, 0.15) is 70.4 Å². The van der Waals surface area contributed by atoms with Crippen molar-refractivity contribution >= 4 is 11.8 Å². The smallest absolute Gasteiger partial charge is 0.265 e. The summed E-state index contributed by atoms with van der Waals surface area (Å²) >= 11 is 0. The minimum Gasteiger partial charge on any atom is -0.487 e. The average Bonchev–Trinajstić information content (AvgIpc) is 3.18. The largest absolute Gasteiger partial charge is 0.487 e. The van der Waals surface area contributed by atoms with Crippen LogP contribution in [0.3, 0.4) is 0 Å². The highest BCUT2D eigenvalue weighted by atomic mass is 16.5. The van der Waals surface area contributed by atoms with E-state index in [4.69, 9.17) is 11.3 Å². The van der Waals surface area contributed by atoms with Gasteiger partial charge in [-0.05, 0) is 100 Å². The Hall–Kier alpha value is -2.98. The molecule has 0 bridgehead atoms. The summed E-state index contributed by atoms with van der Waals surface area (Å²) in [5.41, 5.74) is 4.77. The maximum absolute atomic E-state index is 9.38. The van der Waals surface area contributed by atoms with Crippen LogP contribution in [0.15, 0.2) is 47.4 Å². The molecule has 0 aromatic heterocycles. The van der Waals surface area contributed by atoms with E-state index in [9.17, 15) is 5.26 Å². The second kappa shape index (κ2) is 8.27. The molecule has 4 heteroatoms. The van der Waals surface area contributed by atoms with Gasteiger partial charge in [-0.3, -0.25) is 0 Å². The Bertz CT molecular complexity index is 1020. The van der Waals surface area contributed by atoms with E-state index in [1.807, 2.05) is 12.2 Å². The van der Waals surface area contributed by atoms with E-state index in [2.05, 4.69) is 60.9 Å². The fraction of sp³-hybridized carbons (Fsp3) is 0.481. The first-order valence-corrected chi connectivity index (χ1v) is 11.3.